The number of nitrogens with one attached hydrogen (secondary N) is 1. The molecule has 1 aromatic rings. The predicted octanol–water partition coefficient (Wildman–Crippen LogP) is 1.57. The number of ether oxygens (including phenoxy) is 1. The summed E-state index contributed by atoms with van der Waals surface area (Å²) in [5.41, 5.74) is 1.21. The number of morpholine rings is 1. The Balaban J connectivity index is 1.70. The zero-order chi connectivity index (χ0) is 11.7. The fraction of sp³-hybridized carbons (Fsp3) is 0.750. The van der Waals surface area contributed by atoms with E-state index in [0.717, 1.165) is 31.2 Å². The molecular weight excluding hydrogens is 234 g/mol. The van der Waals surface area contributed by atoms with Crippen LogP contribution in [0, 0.1) is 0 Å². The molecular formula is C12H19N3OS. The fourth-order valence-electron chi connectivity index (χ4n) is 2.47. The van der Waals surface area contributed by atoms with Gasteiger partial charge in [0, 0.05) is 18.5 Å². The molecule has 2 aliphatic rings. The first-order chi connectivity index (χ1) is 8.33. The monoisotopic (exact) mass is 253 g/mol. The minimum atomic E-state index is 0.175. The molecule has 1 N–H and O–H groups in total. The number of hydrogen-bond donors (Lipinski definition) is 1. The van der Waals surface area contributed by atoms with Crippen LogP contribution in [0.25, 0.3) is 0 Å². The molecule has 3 heterocycles. The maximum absolute atomic E-state index is 5.80. The molecule has 3 rings (SSSR count). The Morgan fingerprint density at radius 2 is 2.53 bits per heavy atom. The molecule has 2 fully saturated rings. The second-order valence-electron chi connectivity index (χ2n) is 4.88. The van der Waals surface area contributed by atoms with E-state index in [9.17, 15) is 0 Å². The van der Waals surface area contributed by atoms with Crippen molar-refractivity contribution in [2.24, 2.45) is 0 Å². The summed E-state index contributed by atoms with van der Waals surface area (Å²) in [6, 6.07) is 0.473. The molecule has 0 aromatic carbocycles. The first-order valence-corrected chi connectivity index (χ1v) is 7.20. The summed E-state index contributed by atoms with van der Waals surface area (Å²) in [6.07, 6.45) is 2.66. The van der Waals surface area contributed by atoms with Crippen LogP contribution in [-0.4, -0.2) is 43.2 Å². The van der Waals surface area contributed by atoms with Crippen molar-refractivity contribution in [1.29, 1.82) is 0 Å². The molecule has 5 heteroatoms. The van der Waals surface area contributed by atoms with Gasteiger partial charge in [0.2, 0.25) is 0 Å². The second-order valence-corrected chi connectivity index (χ2v) is 5.77. The molecule has 0 aliphatic carbocycles. The van der Waals surface area contributed by atoms with Crippen molar-refractivity contribution in [1.82, 2.24) is 15.2 Å². The van der Waals surface area contributed by atoms with Crippen LogP contribution in [-0.2, 0) is 4.74 Å². The summed E-state index contributed by atoms with van der Waals surface area (Å²) < 4.78 is 5.80. The highest BCUT2D eigenvalue weighted by atomic mass is 32.1. The molecule has 94 valence electrons. The Morgan fingerprint density at radius 1 is 1.59 bits per heavy atom. The molecule has 1 unspecified atom stereocenters. The van der Waals surface area contributed by atoms with Crippen molar-refractivity contribution in [2.45, 2.75) is 25.0 Å². The highest BCUT2D eigenvalue weighted by Crippen LogP contribution is 2.29. The number of hydrogen-bond acceptors (Lipinski definition) is 5. The molecule has 0 amide bonds. The first kappa shape index (κ1) is 11.6. The predicted molar refractivity (Wildman–Crippen MR) is 68.3 cm³/mol. The van der Waals surface area contributed by atoms with Gasteiger partial charge in [-0.2, -0.15) is 0 Å². The lowest BCUT2D eigenvalue weighted by molar-refractivity contribution is -0.0210. The lowest BCUT2D eigenvalue weighted by Gasteiger charge is -2.28. The molecule has 1 aromatic heterocycles. The summed E-state index contributed by atoms with van der Waals surface area (Å²) in [4.78, 5) is 7.06. The largest absolute Gasteiger partial charge is 0.368 e. The minimum Gasteiger partial charge on any atom is -0.368 e. The average molecular weight is 253 g/mol. The van der Waals surface area contributed by atoms with E-state index in [1.54, 1.807) is 11.3 Å². The van der Waals surface area contributed by atoms with E-state index >= 15 is 0 Å². The molecule has 2 saturated heterocycles. The van der Waals surface area contributed by atoms with E-state index in [1.165, 1.54) is 18.5 Å². The van der Waals surface area contributed by atoms with Gasteiger partial charge in [-0.3, -0.25) is 0 Å². The normalized spacial score (nSPS) is 30.9. The van der Waals surface area contributed by atoms with Gasteiger partial charge in [0.05, 0.1) is 18.3 Å². The first-order valence-electron chi connectivity index (χ1n) is 6.32. The van der Waals surface area contributed by atoms with Crippen LogP contribution in [0.5, 0.6) is 0 Å². The van der Waals surface area contributed by atoms with Crippen molar-refractivity contribution in [3.8, 4) is 0 Å². The maximum Gasteiger partial charge on any atom is 0.123 e. The molecule has 17 heavy (non-hydrogen) atoms. The van der Waals surface area contributed by atoms with Crippen LogP contribution >= 0.6 is 11.3 Å². The lowest BCUT2D eigenvalue weighted by Crippen LogP contribution is -2.35. The third-order valence-corrected chi connectivity index (χ3v) is 4.46. The minimum absolute atomic E-state index is 0.175. The summed E-state index contributed by atoms with van der Waals surface area (Å²) in [6.45, 7) is 3.93. The third-order valence-electron chi connectivity index (χ3n) is 3.50. The van der Waals surface area contributed by atoms with Crippen molar-refractivity contribution in [3.05, 3.63) is 16.1 Å². The second kappa shape index (κ2) is 5.02. The topological polar surface area (TPSA) is 37.4 Å². The molecule has 0 radical (unpaired) electrons. The van der Waals surface area contributed by atoms with Gasteiger partial charge < -0.3 is 15.0 Å². The number of likely N-dealkylation sites (N-methyl/N-ethyl adjacent to an activating group) is 1. The summed E-state index contributed by atoms with van der Waals surface area (Å²) >= 11 is 1.74. The Kier molecular flexibility index (Phi) is 3.42. The number of aromatic nitrogens is 1. The Hall–Kier alpha value is -0.490. The van der Waals surface area contributed by atoms with Gasteiger partial charge in [0.15, 0.2) is 0 Å². The smallest absolute Gasteiger partial charge is 0.123 e. The quantitative estimate of drug-likeness (QED) is 0.868. The van der Waals surface area contributed by atoms with Crippen molar-refractivity contribution < 1.29 is 4.74 Å². The number of nitrogens with zero attached hydrogens (tertiary/aromatic N) is 2. The van der Waals surface area contributed by atoms with Gasteiger partial charge in [-0.1, -0.05) is 0 Å². The van der Waals surface area contributed by atoms with Crippen LogP contribution in [0.15, 0.2) is 5.38 Å². The van der Waals surface area contributed by atoms with Crippen LogP contribution in [0.1, 0.15) is 35.7 Å². The zero-order valence-corrected chi connectivity index (χ0v) is 11.0. The summed E-state index contributed by atoms with van der Waals surface area (Å²) in [5, 5.41) is 6.82. The Labute approximate surface area is 106 Å². The molecule has 2 aliphatic heterocycles. The van der Waals surface area contributed by atoms with Crippen LogP contribution in [0.2, 0.25) is 0 Å². The van der Waals surface area contributed by atoms with Crippen molar-refractivity contribution in [3.63, 3.8) is 0 Å². The van der Waals surface area contributed by atoms with Crippen LogP contribution < -0.4 is 5.32 Å². The van der Waals surface area contributed by atoms with E-state index in [1.807, 2.05) is 0 Å². The van der Waals surface area contributed by atoms with Crippen molar-refractivity contribution >= 4 is 11.3 Å². The van der Waals surface area contributed by atoms with Gasteiger partial charge in [-0.25, -0.2) is 4.98 Å². The standard InChI is InChI=1S/C12H19N3OS/c1-15-5-6-16-11(7-15)12-14-10(8-17-12)9-3-2-4-13-9/h8-9,11,13H,2-7H2,1H3/t9-,11?/m0/s1. The third kappa shape index (κ3) is 2.52. The Morgan fingerprint density at radius 3 is 3.29 bits per heavy atom. The SMILES string of the molecule is CN1CCOC(c2nc([C@@H]3CCCN3)cs2)C1. The molecule has 0 bridgehead atoms. The molecule has 0 spiro atoms. The van der Waals surface area contributed by atoms with Gasteiger partial charge in [0.25, 0.3) is 0 Å². The highest BCUT2D eigenvalue weighted by molar-refractivity contribution is 7.09. The highest BCUT2D eigenvalue weighted by Gasteiger charge is 2.25. The van der Waals surface area contributed by atoms with E-state index in [4.69, 9.17) is 9.72 Å². The van der Waals surface area contributed by atoms with E-state index in [2.05, 4.69) is 22.6 Å². The molecule has 2 atom stereocenters. The van der Waals surface area contributed by atoms with E-state index in [0.29, 0.717) is 6.04 Å². The van der Waals surface area contributed by atoms with Crippen molar-refractivity contribution in [2.75, 3.05) is 33.3 Å². The van der Waals surface area contributed by atoms with E-state index in [-0.39, 0.29) is 6.10 Å². The maximum atomic E-state index is 5.80. The Bertz CT molecular complexity index is 376. The van der Waals surface area contributed by atoms with Gasteiger partial charge in [-0.15, -0.1) is 11.3 Å². The molecule has 4 nitrogen and oxygen atoms in total. The fourth-order valence-corrected chi connectivity index (χ4v) is 3.38. The van der Waals surface area contributed by atoms with Gasteiger partial charge in [0.1, 0.15) is 11.1 Å². The number of rotatable bonds is 2. The summed E-state index contributed by atoms with van der Waals surface area (Å²) in [7, 11) is 2.14. The van der Waals surface area contributed by atoms with Gasteiger partial charge in [-0.05, 0) is 26.4 Å². The zero-order valence-electron chi connectivity index (χ0n) is 10.2. The summed E-state index contributed by atoms with van der Waals surface area (Å²) in [5.74, 6) is 0. The molecule has 0 saturated carbocycles. The average Bonchev–Trinajstić information content (AvgIpc) is 3.00. The van der Waals surface area contributed by atoms with Crippen LogP contribution in [0.3, 0.4) is 0 Å². The van der Waals surface area contributed by atoms with Crippen LogP contribution in [0.4, 0.5) is 0 Å². The van der Waals surface area contributed by atoms with Gasteiger partial charge >= 0.3 is 0 Å². The lowest BCUT2D eigenvalue weighted by atomic mass is 10.2. The number of thiazole rings is 1. The van der Waals surface area contributed by atoms with E-state index < -0.39 is 0 Å².